The minimum absolute atomic E-state index is 0.818. The lowest BCUT2D eigenvalue weighted by Gasteiger charge is -2.17. The molecule has 2 aromatic heterocycles. The molecule has 0 N–H and O–H groups in total. The Balaban J connectivity index is 1.57. The Morgan fingerprint density at radius 1 is 1.04 bits per heavy atom. The Hall–Kier alpha value is -2.40. The maximum atomic E-state index is 4.42. The van der Waals surface area contributed by atoms with Crippen LogP contribution in [-0.2, 0) is 26.2 Å². The first-order valence-corrected chi connectivity index (χ1v) is 8.40. The first kappa shape index (κ1) is 16.5. The maximum Gasteiger partial charge on any atom is 0.0659 e. The number of rotatable bonds is 7. The molecule has 0 amide bonds. The summed E-state index contributed by atoms with van der Waals surface area (Å²) >= 11 is 0. The highest BCUT2D eigenvalue weighted by Crippen LogP contribution is 2.13. The second kappa shape index (κ2) is 7.45. The van der Waals surface area contributed by atoms with E-state index in [0.29, 0.717) is 0 Å². The van der Waals surface area contributed by atoms with E-state index in [0.717, 1.165) is 26.2 Å². The van der Waals surface area contributed by atoms with Crippen LogP contribution in [0.2, 0.25) is 0 Å². The predicted molar refractivity (Wildman–Crippen MR) is 95.6 cm³/mol. The summed E-state index contributed by atoms with van der Waals surface area (Å²) in [5, 5.41) is 8.67. The van der Waals surface area contributed by atoms with Crippen molar-refractivity contribution in [3.63, 3.8) is 0 Å². The third-order valence-corrected chi connectivity index (χ3v) is 4.32. The third kappa shape index (κ3) is 3.92. The SMILES string of the molecule is CCn1ncc(CN(C)Cc2ccc(Cn3cccn3)cc2)c1C. The summed E-state index contributed by atoms with van der Waals surface area (Å²) in [6.07, 6.45) is 5.79. The highest BCUT2D eigenvalue weighted by molar-refractivity contribution is 5.23. The first-order valence-electron chi connectivity index (χ1n) is 8.40. The van der Waals surface area contributed by atoms with E-state index in [1.807, 2.05) is 34.0 Å². The zero-order valence-electron chi connectivity index (χ0n) is 14.7. The molecular weight excluding hydrogens is 298 g/mol. The van der Waals surface area contributed by atoms with E-state index in [-0.39, 0.29) is 0 Å². The predicted octanol–water partition coefficient (Wildman–Crippen LogP) is 3.09. The summed E-state index contributed by atoms with van der Waals surface area (Å²) in [6.45, 7) is 7.85. The standard InChI is InChI=1S/C19H25N5/c1-4-24-16(2)19(12-21-24)15-22(3)13-17-6-8-18(9-7-17)14-23-11-5-10-20-23/h5-12H,4,13-15H2,1-3H3. The fourth-order valence-corrected chi connectivity index (χ4v) is 2.95. The molecule has 24 heavy (non-hydrogen) atoms. The van der Waals surface area contributed by atoms with Gasteiger partial charge in [-0.05, 0) is 38.1 Å². The molecule has 0 fully saturated rings. The molecule has 0 unspecified atom stereocenters. The first-order chi connectivity index (χ1) is 11.7. The van der Waals surface area contributed by atoms with Crippen molar-refractivity contribution in [1.29, 1.82) is 0 Å². The summed E-state index contributed by atoms with van der Waals surface area (Å²) < 4.78 is 3.99. The van der Waals surface area contributed by atoms with Gasteiger partial charge in [0.2, 0.25) is 0 Å². The molecule has 0 radical (unpaired) electrons. The van der Waals surface area contributed by atoms with Gasteiger partial charge in [-0.15, -0.1) is 0 Å². The molecular formula is C19H25N5. The van der Waals surface area contributed by atoms with Crippen molar-refractivity contribution in [2.45, 2.75) is 40.0 Å². The molecule has 5 nitrogen and oxygen atoms in total. The van der Waals surface area contributed by atoms with E-state index in [9.17, 15) is 0 Å². The Kier molecular flexibility index (Phi) is 5.11. The number of nitrogens with zero attached hydrogens (tertiary/aromatic N) is 5. The van der Waals surface area contributed by atoms with Crippen molar-refractivity contribution in [1.82, 2.24) is 24.5 Å². The average Bonchev–Trinajstić information content (AvgIpc) is 3.20. The number of benzene rings is 1. The lowest BCUT2D eigenvalue weighted by atomic mass is 10.1. The lowest BCUT2D eigenvalue weighted by Crippen LogP contribution is -2.17. The van der Waals surface area contributed by atoms with Crippen molar-refractivity contribution >= 4 is 0 Å². The van der Waals surface area contributed by atoms with E-state index in [1.54, 1.807) is 0 Å². The highest BCUT2D eigenvalue weighted by atomic mass is 15.3. The molecule has 0 saturated carbocycles. The molecule has 0 saturated heterocycles. The van der Waals surface area contributed by atoms with Crippen LogP contribution in [0.4, 0.5) is 0 Å². The van der Waals surface area contributed by atoms with Crippen LogP contribution in [0.1, 0.15) is 29.3 Å². The molecule has 0 spiro atoms. The van der Waals surface area contributed by atoms with E-state index in [1.165, 1.54) is 22.4 Å². The van der Waals surface area contributed by atoms with Crippen molar-refractivity contribution in [3.05, 3.63) is 71.3 Å². The zero-order chi connectivity index (χ0) is 16.9. The van der Waals surface area contributed by atoms with Crippen LogP contribution < -0.4 is 0 Å². The van der Waals surface area contributed by atoms with Gasteiger partial charge in [0.15, 0.2) is 0 Å². The smallest absolute Gasteiger partial charge is 0.0659 e. The Morgan fingerprint density at radius 3 is 2.42 bits per heavy atom. The van der Waals surface area contributed by atoms with E-state index in [2.05, 4.69) is 60.3 Å². The van der Waals surface area contributed by atoms with Gasteiger partial charge < -0.3 is 0 Å². The Labute approximate surface area is 143 Å². The van der Waals surface area contributed by atoms with Crippen molar-refractivity contribution in [2.24, 2.45) is 0 Å². The van der Waals surface area contributed by atoms with Gasteiger partial charge >= 0.3 is 0 Å². The average molecular weight is 323 g/mol. The minimum atomic E-state index is 0.818. The van der Waals surface area contributed by atoms with Gasteiger partial charge in [-0.25, -0.2) is 0 Å². The molecule has 0 atom stereocenters. The second-order valence-corrected chi connectivity index (χ2v) is 6.26. The summed E-state index contributed by atoms with van der Waals surface area (Å²) in [5.74, 6) is 0. The fraction of sp³-hybridized carbons (Fsp3) is 0.368. The highest BCUT2D eigenvalue weighted by Gasteiger charge is 2.08. The van der Waals surface area contributed by atoms with Crippen molar-refractivity contribution < 1.29 is 0 Å². The molecule has 0 bridgehead atoms. The summed E-state index contributed by atoms with van der Waals surface area (Å²) in [6, 6.07) is 10.7. The summed E-state index contributed by atoms with van der Waals surface area (Å²) in [4.78, 5) is 2.33. The van der Waals surface area contributed by atoms with E-state index in [4.69, 9.17) is 0 Å². The largest absolute Gasteiger partial charge is 0.298 e. The van der Waals surface area contributed by atoms with Crippen LogP contribution in [0, 0.1) is 6.92 Å². The molecule has 3 rings (SSSR count). The molecule has 0 aliphatic rings. The van der Waals surface area contributed by atoms with Gasteiger partial charge in [-0.3, -0.25) is 14.3 Å². The van der Waals surface area contributed by atoms with Crippen LogP contribution in [0.5, 0.6) is 0 Å². The number of aromatic nitrogens is 4. The summed E-state index contributed by atoms with van der Waals surface area (Å²) in [7, 11) is 2.15. The molecule has 5 heteroatoms. The number of hydrogen-bond donors (Lipinski definition) is 0. The Bertz CT molecular complexity index is 756. The molecule has 126 valence electrons. The van der Waals surface area contributed by atoms with Gasteiger partial charge in [0, 0.05) is 43.3 Å². The van der Waals surface area contributed by atoms with Crippen LogP contribution >= 0.6 is 0 Å². The third-order valence-electron chi connectivity index (χ3n) is 4.32. The second-order valence-electron chi connectivity index (χ2n) is 6.26. The monoisotopic (exact) mass is 323 g/mol. The van der Waals surface area contributed by atoms with Crippen LogP contribution in [-0.4, -0.2) is 31.5 Å². The lowest BCUT2D eigenvalue weighted by molar-refractivity contribution is 0.318. The summed E-state index contributed by atoms with van der Waals surface area (Å²) in [5.41, 5.74) is 5.15. The van der Waals surface area contributed by atoms with Crippen LogP contribution in [0.15, 0.2) is 48.9 Å². The maximum absolute atomic E-state index is 4.42. The minimum Gasteiger partial charge on any atom is -0.298 e. The van der Waals surface area contributed by atoms with Gasteiger partial charge in [-0.1, -0.05) is 24.3 Å². The van der Waals surface area contributed by atoms with E-state index >= 15 is 0 Å². The number of aryl methyl sites for hydroxylation is 1. The zero-order valence-corrected chi connectivity index (χ0v) is 14.7. The van der Waals surface area contributed by atoms with Crippen LogP contribution in [0.25, 0.3) is 0 Å². The van der Waals surface area contributed by atoms with Gasteiger partial charge in [0.25, 0.3) is 0 Å². The van der Waals surface area contributed by atoms with Gasteiger partial charge in [0.05, 0.1) is 12.7 Å². The quantitative estimate of drug-likeness (QED) is 0.671. The van der Waals surface area contributed by atoms with Crippen LogP contribution in [0.3, 0.4) is 0 Å². The normalized spacial score (nSPS) is 11.3. The van der Waals surface area contributed by atoms with Gasteiger partial charge in [-0.2, -0.15) is 10.2 Å². The molecule has 0 aliphatic carbocycles. The van der Waals surface area contributed by atoms with Crippen molar-refractivity contribution in [3.8, 4) is 0 Å². The topological polar surface area (TPSA) is 38.9 Å². The number of hydrogen-bond acceptors (Lipinski definition) is 3. The van der Waals surface area contributed by atoms with Gasteiger partial charge in [0.1, 0.15) is 0 Å². The molecule has 1 aromatic carbocycles. The van der Waals surface area contributed by atoms with E-state index < -0.39 is 0 Å². The molecule has 0 aliphatic heterocycles. The molecule has 3 aromatic rings. The molecule has 2 heterocycles. The fourth-order valence-electron chi connectivity index (χ4n) is 2.95. The Morgan fingerprint density at radius 2 is 1.79 bits per heavy atom. The van der Waals surface area contributed by atoms with Crippen molar-refractivity contribution in [2.75, 3.05) is 7.05 Å².